The van der Waals surface area contributed by atoms with E-state index in [1.807, 2.05) is 0 Å². The van der Waals surface area contributed by atoms with Crippen LogP contribution in [0, 0.1) is 21.4 Å². The predicted octanol–water partition coefficient (Wildman–Crippen LogP) is 1.99. The summed E-state index contributed by atoms with van der Waals surface area (Å²) in [6.07, 6.45) is 1.56. The van der Waals surface area contributed by atoms with Gasteiger partial charge in [0.2, 0.25) is 10.0 Å². The molecule has 1 N–H and O–H groups in total. The predicted molar refractivity (Wildman–Crippen MR) is 90.2 cm³/mol. The number of nitrogens with one attached hydrogen (secondary N) is 1. The first-order valence-corrected chi connectivity index (χ1v) is 9.64. The molecular weight excluding hydrogens is 330 g/mol. The molecule has 2 aliphatic heterocycles. The van der Waals surface area contributed by atoms with E-state index < -0.39 is 14.9 Å². The summed E-state index contributed by atoms with van der Waals surface area (Å²) < 4.78 is 27.0. The summed E-state index contributed by atoms with van der Waals surface area (Å²) in [5.41, 5.74) is -0.106. The number of sulfonamides is 1. The molecule has 2 heterocycles. The molecule has 1 unspecified atom stereocenters. The second kappa shape index (κ2) is 6.09. The Morgan fingerprint density at radius 3 is 2.38 bits per heavy atom. The molecule has 1 atom stereocenters. The van der Waals surface area contributed by atoms with Crippen LogP contribution in [-0.2, 0) is 10.0 Å². The van der Waals surface area contributed by atoms with Gasteiger partial charge in [-0.05, 0) is 30.2 Å². The Kier molecular flexibility index (Phi) is 4.39. The van der Waals surface area contributed by atoms with Crippen LogP contribution in [0.2, 0.25) is 0 Å². The Labute approximate surface area is 142 Å². The molecule has 0 aliphatic carbocycles. The maximum absolute atomic E-state index is 12.8. The Morgan fingerprint density at radius 2 is 1.88 bits per heavy atom. The van der Waals surface area contributed by atoms with Gasteiger partial charge < -0.3 is 5.32 Å². The number of nitro groups is 1. The second-order valence-corrected chi connectivity index (χ2v) is 9.22. The minimum absolute atomic E-state index is 0.212. The number of piperidine rings is 1. The number of hydrogen-bond donors (Lipinski definition) is 1. The molecule has 7 nitrogen and oxygen atoms in total. The van der Waals surface area contributed by atoms with Crippen molar-refractivity contribution < 1.29 is 13.3 Å². The molecule has 0 amide bonds. The molecule has 2 aliphatic rings. The Balaban J connectivity index is 1.75. The van der Waals surface area contributed by atoms with E-state index in [-0.39, 0.29) is 16.0 Å². The van der Waals surface area contributed by atoms with E-state index in [0.717, 1.165) is 19.4 Å². The molecule has 0 spiro atoms. The van der Waals surface area contributed by atoms with E-state index in [4.69, 9.17) is 0 Å². The van der Waals surface area contributed by atoms with Gasteiger partial charge in [-0.15, -0.1) is 0 Å². The number of nitro benzene ring substituents is 1. The number of hydrogen-bond acceptors (Lipinski definition) is 5. The van der Waals surface area contributed by atoms with Crippen LogP contribution < -0.4 is 5.32 Å². The van der Waals surface area contributed by atoms with Gasteiger partial charge >= 0.3 is 0 Å². The van der Waals surface area contributed by atoms with Crippen molar-refractivity contribution in [3.05, 3.63) is 34.4 Å². The number of para-hydroxylation sites is 1. The molecular formula is C16H23N3O4S. The Morgan fingerprint density at radius 1 is 1.25 bits per heavy atom. The number of rotatable bonds is 4. The lowest BCUT2D eigenvalue weighted by Crippen LogP contribution is -2.63. The molecule has 3 rings (SSSR count). The zero-order valence-corrected chi connectivity index (χ0v) is 14.8. The van der Waals surface area contributed by atoms with Crippen LogP contribution in [-0.4, -0.2) is 43.3 Å². The molecule has 2 saturated heterocycles. The molecule has 0 saturated carbocycles. The minimum Gasteiger partial charge on any atom is -0.313 e. The van der Waals surface area contributed by atoms with Crippen LogP contribution in [0.25, 0.3) is 0 Å². The smallest absolute Gasteiger partial charge is 0.289 e. The highest BCUT2D eigenvalue weighted by Gasteiger charge is 2.45. The SMILES string of the molecule is CC1(C)CNC1C1CCN(S(=O)(=O)c2ccccc2[N+](=O)[O-])CC1. The first-order chi connectivity index (χ1) is 11.2. The van der Waals surface area contributed by atoms with Crippen LogP contribution in [0.3, 0.4) is 0 Å². The van der Waals surface area contributed by atoms with Gasteiger partial charge in [0.05, 0.1) is 4.92 Å². The summed E-state index contributed by atoms with van der Waals surface area (Å²) in [6, 6.07) is 5.98. The molecule has 1 aromatic carbocycles. The average Bonchev–Trinajstić information content (AvgIpc) is 2.54. The van der Waals surface area contributed by atoms with Gasteiger partial charge in [0.1, 0.15) is 0 Å². The third kappa shape index (κ3) is 2.94. The fourth-order valence-electron chi connectivity index (χ4n) is 3.85. The summed E-state index contributed by atoms with van der Waals surface area (Å²) in [5, 5.41) is 14.6. The monoisotopic (exact) mass is 353 g/mol. The molecule has 1 aromatic rings. The Hall–Kier alpha value is -1.51. The molecule has 0 aromatic heterocycles. The van der Waals surface area contributed by atoms with Crippen molar-refractivity contribution >= 4 is 15.7 Å². The van der Waals surface area contributed by atoms with Crippen molar-refractivity contribution in [1.29, 1.82) is 0 Å². The summed E-state index contributed by atoms with van der Waals surface area (Å²) >= 11 is 0. The Bertz CT molecular complexity index is 739. The maximum Gasteiger partial charge on any atom is 0.289 e. The van der Waals surface area contributed by atoms with E-state index >= 15 is 0 Å². The maximum atomic E-state index is 12.8. The lowest BCUT2D eigenvalue weighted by atomic mass is 9.69. The molecule has 0 bridgehead atoms. The van der Waals surface area contributed by atoms with Gasteiger partial charge in [0.15, 0.2) is 4.90 Å². The summed E-state index contributed by atoms with van der Waals surface area (Å²) in [7, 11) is -3.83. The molecule has 0 radical (unpaired) electrons. The van der Waals surface area contributed by atoms with Crippen molar-refractivity contribution in [2.75, 3.05) is 19.6 Å². The quantitative estimate of drug-likeness (QED) is 0.660. The highest BCUT2D eigenvalue weighted by atomic mass is 32.2. The summed E-state index contributed by atoms with van der Waals surface area (Å²) in [6.45, 7) is 6.27. The lowest BCUT2D eigenvalue weighted by molar-refractivity contribution is -0.387. The van der Waals surface area contributed by atoms with Gasteiger partial charge in [-0.2, -0.15) is 4.31 Å². The second-order valence-electron chi connectivity index (χ2n) is 7.31. The zero-order valence-electron chi connectivity index (χ0n) is 13.9. The largest absolute Gasteiger partial charge is 0.313 e. The summed E-state index contributed by atoms with van der Waals surface area (Å²) in [4.78, 5) is 10.3. The highest BCUT2D eigenvalue weighted by molar-refractivity contribution is 7.89. The minimum atomic E-state index is -3.83. The van der Waals surface area contributed by atoms with Gasteiger partial charge in [0, 0.05) is 31.7 Å². The van der Waals surface area contributed by atoms with Gasteiger partial charge in [-0.1, -0.05) is 26.0 Å². The topological polar surface area (TPSA) is 92.6 Å². The van der Waals surface area contributed by atoms with Crippen molar-refractivity contribution in [3.8, 4) is 0 Å². The molecule has 24 heavy (non-hydrogen) atoms. The fourth-order valence-corrected chi connectivity index (χ4v) is 5.47. The molecule has 2 fully saturated rings. The highest BCUT2D eigenvalue weighted by Crippen LogP contribution is 2.38. The molecule has 8 heteroatoms. The van der Waals surface area contributed by atoms with Crippen LogP contribution >= 0.6 is 0 Å². The first-order valence-electron chi connectivity index (χ1n) is 8.20. The van der Waals surface area contributed by atoms with E-state index in [2.05, 4.69) is 19.2 Å². The average molecular weight is 353 g/mol. The van der Waals surface area contributed by atoms with Crippen LogP contribution in [0.15, 0.2) is 29.2 Å². The van der Waals surface area contributed by atoms with E-state index in [1.54, 1.807) is 0 Å². The fraction of sp³-hybridized carbons (Fsp3) is 0.625. The van der Waals surface area contributed by atoms with E-state index in [9.17, 15) is 18.5 Å². The van der Waals surface area contributed by atoms with E-state index in [1.165, 1.54) is 28.6 Å². The zero-order chi connectivity index (χ0) is 17.5. The van der Waals surface area contributed by atoms with Crippen molar-refractivity contribution in [1.82, 2.24) is 9.62 Å². The van der Waals surface area contributed by atoms with Gasteiger partial charge in [-0.25, -0.2) is 8.42 Å². The molecule has 132 valence electrons. The van der Waals surface area contributed by atoms with Crippen molar-refractivity contribution in [2.24, 2.45) is 11.3 Å². The van der Waals surface area contributed by atoms with Crippen molar-refractivity contribution in [2.45, 2.75) is 37.6 Å². The van der Waals surface area contributed by atoms with Gasteiger partial charge in [0.25, 0.3) is 5.69 Å². The normalized spacial score (nSPS) is 25.2. The standard InChI is InChI=1S/C16H23N3O4S/c1-16(2)11-17-15(16)12-7-9-18(10-8-12)24(22,23)14-6-4-3-5-13(14)19(20)21/h3-6,12,15,17H,7-11H2,1-2H3. The van der Waals surface area contributed by atoms with Crippen LogP contribution in [0.5, 0.6) is 0 Å². The van der Waals surface area contributed by atoms with Gasteiger partial charge in [-0.3, -0.25) is 10.1 Å². The number of nitrogens with zero attached hydrogens (tertiary/aromatic N) is 2. The first kappa shape index (κ1) is 17.3. The summed E-state index contributed by atoms with van der Waals surface area (Å²) in [5.74, 6) is 0.450. The van der Waals surface area contributed by atoms with Crippen molar-refractivity contribution in [3.63, 3.8) is 0 Å². The third-order valence-corrected chi connectivity index (χ3v) is 7.22. The van der Waals surface area contributed by atoms with Crippen LogP contribution in [0.1, 0.15) is 26.7 Å². The third-order valence-electron chi connectivity index (χ3n) is 5.27. The van der Waals surface area contributed by atoms with Crippen LogP contribution in [0.4, 0.5) is 5.69 Å². The number of benzene rings is 1. The lowest BCUT2D eigenvalue weighted by Gasteiger charge is -2.51. The van der Waals surface area contributed by atoms with E-state index in [0.29, 0.717) is 25.0 Å².